The molecule has 7 heavy (non-hydrogen) atoms. The maximum absolute atomic E-state index is 9.50. The summed E-state index contributed by atoms with van der Waals surface area (Å²) >= 11 is 0. The van der Waals surface area contributed by atoms with E-state index in [-0.39, 0.29) is 0 Å². The standard InChI is InChI=1S/C5H8.CH3F/c1-4-5(2)3;1-2/h4H,1-2H2,3H3;1H3. The fourth-order valence-electron chi connectivity index (χ4n) is 0. The van der Waals surface area contributed by atoms with Gasteiger partial charge in [-0.05, 0) is 6.92 Å². The molecule has 0 aliphatic heterocycles. The lowest BCUT2D eigenvalue weighted by molar-refractivity contribution is 0.636. The number of halogens is 1. The SMILES string of the molecule is C=CC(=C)C.CF. The van der Waals surface area contributed by atoms with E-state index < -0.39 is 0 Å². The lowest BCUT2D eigenvalue weighted by Gasteiger charge is -1.71. The van der Waals surface area contributed by atoms with Crippen LogP contribution in [0.15, 0.2) is 24.8 Å². The first-order chi connectivity index (χ1) is 3.27. The van der Waals surface area contributed by atoms with Crippen LogP contribution in [0.4, 0.5) is 4.39 Å². The second kappa shape index (κ2) is 9.05. The minimum absolute atomic E-state index is 0.500. The molecule has 0 nitrogen and oxygen atoms in total. The number of allylic oxidation sites excluding steroid dienone is 2. The molecule has 0 heterocycles. The Morgan fingerprint density at radius 3 is 1.71 bits per heavy atom. The van der Waals surface area contributed by atoms with E-state index in [0.717, 1.165) is 5.57 Å². The zero-order valence-electron chi connectivity index (χ0n) is 4.87. The third kappa shape index (κ3) is 31.6. The Labute approximate surface area is 44.4 Å². The van der Waals surface area contributed by atoms with Crippen molar-refractivity contribution in [2.45, 2.75) is 6.92 Å². The van der Waals surface area contributed by atoms with Crippen molar-refractivity contribution in [3.8, 4) is 0 Å². The molecular formula is C6H11F. The normalized spacial score (nSPS) is 5.57. The van der Waals surface area contributed by atoms with Crippen molar-refractivity contribution in [3.63, 3.8) is 0 Å². The first-order valence-electron chi connectivity index (χ1n) is 1.93. The zero-order chi connectivity index (χ0) is 6.28. The summed E-state index contributed by atoms with van der Waals surface area (Å²) in [5.41, 5.74) is 1.02. The molecule has 0 aliphatic rings. The van der Waals surface area contributed by atoms with Crippen molar-refractivity contribution in [2.75, 3.05) is 7.18 Å². The largest absolute Gasteiger partial charge is 0.255 e. The third-order valence-corrected chi connectivity index (χ3v) is 0.348. The first kappa shape index (κ1) is 9.65. The minimum Gasteiger partial charge on any atom is -0.255 e. The Bertz CT molecular complexity index is 55.2. The summed E-state index contributed by atoms with van der Waals surface area (Å²) in [6.07, 6.45) is 1.72. The summed E-state index contributed by atoms with van der Waals surface area (Å²) in [5.74, 6) is 0. The van der Waals surface area contributed by atoms with Crippen LogP contribution >= 0.6 is 0 Å². The predicted molar refractivity (Wildman–Crippen MR) is 32.0 cm³/mol. The van der Waals surface area contributed by atoms with Gasteiger partial charge < -0.3 is 0 Å². The van der Waals surface area contributed by atoms with Gasteiger partial charge in [0, 0.05) is 0 Å². The molecule has 0 bridgehead atoms. The van der Waals surface area contributed by atoms with Crippen LogP contribution in [0.3, 0.4) is 0 Å². The minimum atomic E-state index is 0.500. The van der Waals surface area contributed by atoms with Crippen LogP contribution in [0.2, 0.25) is 0 Å². The van der Waals surface area contributed by atoms with Gasteiger partial charge in [-0.1, -0.05) is 24.8 Å². The molecule has 42 valence electrons. The summed E-state index contributed by atoms with van der Waals surface area (Å²) in [5, 5.41) is 0. The molecule has 0 aromatic rings. The molecule has 0 amide bonds. The molecule has 0 radical (unpaired) electrons. The van der Waals surface area contributed by atoms with Gasteiger partial charge in [-0.3, -0.25) is 4.39 Å². The maximum Gasteiger partial charge on any atom is 0.0785 e. The smallest absolute Gasteiger partial charge is 0.0785 e. The van der Waals surface area contributed by atoms with Gasteiger partial charge in [0.25, 0.3) is 0 Å². The highest BCUT2D eigenvalue weighted by atomic mass is 19.1. The van der Waals surface area contributed by atoms with Gasteiger partial charge in [-0.2, -0.15) is 0 Å². The molecular weight excluding hydrogens is 91.1 g/mol. The number of hydrogen-bond acceptors (Lipinski definition) is 0. The average Bonchev–Trinajstić information content (AvgIpc) is 1.73. The van der Waals surface area contributed by atoms with Crippen LogP contribution in [0.1, 0.15) is 6.92 Å². The zero-order valence-corrected chi connectivity index (χ0v) is 4.87. The van der Waals surface area contributed by atoms with Gasteiger partial charge in [0.05, 0.1) is 7.18 Å². The van der Waals surface area contributed by atoms with Gasteiger partial charge in [-0.15, -0.1) is 0 Å². The van der Waals surface area contributed by atoms with Crippen molar-refractivity contribution < 1.29 is 4.39 Å². The molecule has 0 aliphatic carbocycles. The van der Waals surface area contributed by atoms with Crippen LogP contribution in [-0.2, 0) is 0 Å². The lowest BCUT2D eigenvalue weighted by Crippen LogP contribution is -1.50. The third-order valence-electron chi connectivity index (χ3n) is 0.348. The number of alkyl halides is 1. The van der Waals surface area contributed by atoms with Gasteiger partial charge in [-0.25, -0.2) is 0 Å². The highest BCUT2D eigenvalue weighted by molar-refractivity contribution is 5.05. The van der Waals surface area contributed by atoms with E-state index >= 15 is 0 Å². The van der Waals surface area contributed by atoms with Gasteiger partial charge in [0.15, 0.2) is 0 Å². The number of hydrogen-bond donors (Lipinski definition) is 0. The van der Waals surface area contributed by atoms with E-state index in [2.05, 4.69) is 13.2 Å². The van der Waals surface area contributed by atoms with E-state index in [1.165, 1.54) is 0 Å². The van der Waals surface area contributed by atoms with E-state index in [0.29, 0.717) is 7.18 Å². The highest BCUT2D eigenvalue weighted by Gasteiger charge is 1.59. The van der Waals surface area contributed by atoms with Gasteiger partial charge >= 0.3 is 0 Å². The molecule has 1 heteroatoms. The van der Waals surface area contributed by atoms with E-state index in [1.807, 2.05) is 6.92 Å². The monoisotopic (exact) mass is 102 g/mol. The molecule has 0 rings (SSSR count). The topological polar surface area (TPSA) is 0 Å². The first-order valence-corrected chi connectivity index (χ1v) is 1.93. The van der Waals surface area contributed by atoms with Crippen molar-refractivity contribution >= 4 is 0 Å². The molecule has 0 N–H and O–H groups in total. The Morgan fingerprint density at radius 2 is 1.71 bits per heavy atom. The quantitative estimate of drug-likeness (QED) is 0.446. The summed E-state index contributed by atoms with van der Waals surface area (Å²) in [4.78, 5) is 0. The molecule has 0 aromatic heterocycles. The fourth-order valence-corrected chi connectivity index (χ4v) is 0. The van der Waals surface area contributed by atoms with E-state index in [1.54, 1.807) is 6.08 Å². The number of rotatable bonds is 1. The van der Waals surface area contributed by atoms with Crippen molar-refractivity contribution in [1.82, 2.24) is 0 Å². The van der Waals surface area contributed by atoms with Gasteiger partial charge in [0.2, 0.25) is 0 Å². The van der Waals surface area contributed by atoms with Gasteiger partial charge in [0.1, 0.15) is 0 Å². The van der Waals surface area contributed by atoms with E-state index in [4.69, 9.17) is 0 Å². The summed E-state index contributed by atoms with van der Waals surface area (Å²) < 4.78 is 9.50. The second-order valence-electron chi connectivity index (χ2n) is 1.05. The molecule has 0 fully saturated rings. The Balaban J connectivity index is 0. The van der Waals surface area contributed by atoms with Crippen LogP contribution < -0.4 is 0 Å². The van der Waals surface area contributed by atoms with Crippen LogP contribution in [0.25, 0.3) is 0 Å². The van der Waals surface area contributed by atoms with Crippen LogP contribution in [-0.4, -0.2) is 7.18 Å². The predicted octanol–water partition coefficient (Wildman–Crippen LogP) is 2.33. The molecule has 0 spiro atoms. The maximum atomic E-state index is 9.50. The Morgan fingerprint density at radius 1 is 1.57 bits per heavy atom. The van der Waals surface area contributed by atoms with Crippen molar-refractivity contribution in [3.05, 3.63) is 24.8 Å². The Hall–Kier alpha value is -0.590. The van der Waals surface area contributed by atoms with Crippen molar-refractivity contribution in [1.29, 1.82) is 0 Å². The second-order valence-corrected chi connectivity index (χ2v) is 1.05. The van der Waals surface area contributed by atoms with Crippen LogP contribution in [0.5, 0.6) is 0 Å². The van der Waals surface area contributed by atoms with Crippen LogP contribution in [0, 0.1) is 0 Å². The van der Waals surface area contributed by atoms with E-state index in [9.17, 15) is 4.39 Å². The average molecular weight is 102 g/mol. The van der Waals surface area contributed by atoms with Crippen molar-refractivity contribution in [2.24, 2.45) is 0 Å². The molecule has 0 saturated heterocycles. The summed E-state index contributed by atoms with van der Waals surface area (Å²) in [7, 11) is 0.500. The molecule has 0 aromatic carbocycles. The fraction of sp³-hybridized carbons (Fsp3) is 0.333. The summed E-state index contributed by atoms with van der Waals surface area (Å²) in [6.45, 7) is 8.93. The Kier molecular flexibility index (Phi) is 12.5. The highest BCUT2D eigenvalue weighted by Crippen LogP contribution is 1.81. The summed E-state index contributed by atoms with van der Waals surface area (Å²) in [6, 6.07) is 0. The molecule has 0 unspecified atom stereocenters. The molecule has 0 atom stereocenters. The lowest BCUT2D eigenvalue weighted by atomic mass is 10.4. The molecule has 0 saturated carbocycles.